The number of hydrogen-bond donors (Lipinski definition) is 1. The molecule has 29 heavy (non-hydrogen) atoms. The van der Waals surface area contributed by atoms with E-state index in [-0.39, 0.29) is 11.3 Å². The first-order valence-electron chi connectivity index (χ1n) is 10.1. The molecule has 3 rings (SSSR count). The molecule has 0 spiro atoms. The maximum atomic E-state index is 12.9. The Morgan fingerprint density at radius 3 is 2.48 bits per heavy atom. The average Bonchev–Trinajstić information content (AvgIpc) is 3.01. The molecule has 0 saturated carbocycles. The third-order valence-corrected chi connectivity index (χ3v) is 5.25. The van der Waals surface area contributed by atoms with Crippen LogP contribution in [0.25, 0.3) is 5.76 Å². The zero-order valence-corrected chi connectivity index (χ0v) is 16.9. The van der Waals surface area contributed by atoms with Crippen LogP contribution in [-0.2, 0) is 9.59 Å². The highest BCUT2D eigenvalue weighted by Gasteiger charge is 2.45. The number of hydrogen-bond acceptors (Lipinski definition) is 4. The number of unbranched alkanes of at least 4 members (excludes halogenated alkanes) is 3. The van der Waals surface area contributed by atoms with Crippen LogP contribution in [-0.4, -0.2) is 35.4 Å². The van der Waals surface area contributed by atoms with Crippen molar-refractivity contribution in [3.63, 3.8) is 0 Å². The molecule has 1 heterocycles. The first-order valence-corrected chi connectivity index (χ1v) is 10.1. The highest BCUT2D eigenvalue weighted by atomic mass is 16.5. The zero-order valence-electron chi connectivity index (χ0n) is 16.9. The van der Waals surface area contributed by atoms with Crippen molar-refractivity contribution >= 4 is 17.4 Å². The highest BCUT2D eigenvalue weighted by molar-refractivity contribution is 6.46. The van der Waals surface area contributed by atoms with Crippen LogP contribution in [0, 0.1) is 0 Å². The minimum Gasteiger partial charge on any atom is -0.507 e. The summed E-state index contributed by atoms with van der Waals surface area (Å²) in [5, 5.41) is 10.9. The summed E-state index contributed by atoms with van der Waals surface area (Å²) in [4.78, 5) is 27.4. The smallest absolute Gasteiger partial charge is 0.295 e. The summed E-state index contributed by atoms with van der Waals surface area (Å²) in [6.07, 6.45) is 3.97. The number of ether oxygens (including phenoxy) is 1. The molecule has 1 saturated heterocycles. The Kier molecular flexibility index (Phi) is 6.70. The van der Waals surface area contributed by atoms with E-state index in [1.807, 2.05) is 30.3 Å². The molecular formula is C24H27NO4. The van der Waals surface area contributed by atoms with Gasteiger partial charge < -0.3 is 14.7 Å². The number of carbonyl (C=O) groups is 2. The van der Waals surface area contributed by atoms with Crippen molar-refractivity contribution in [2.45, 2.75) is 38.6 Å². The van der Waals surface area contributed by atoms with Crippen LogP contribution in [0.2, 0.25) is 0 Å². The number of likely N-dealkylation sites (tertiary alicyclic amines) is 1. The molecule has 0 radical (unpaired) electrons. The fourth-order valence-electron chi connectivity index (χ4n) is 3.73. The van der Waals surface area contributed by atoms with Gasteiger partial charge in [0.15, 0.2) is 0 Å². The van der Waals surface area contributed by atoms with Crippen LogP contribution < -0.4 is 4.74 Å². The molecule has 2 aromatic rings. The van der Waals surface area contributed by atoms with Gasteiger partial charge in [-0.05, 0) is 24.1 Å². The molecule has 0 bridgehead atoms. The number of nitrogens with zero attached hydrogens (tertiary/aromatic N) is 1. The van der Waals surface area contributed by atoms with Gasteiger partial charge in [0, 0.05) is 12.1 Å². The number of carbonyl (C=O) groups excluding carboxylic acids is 2. The summed E-state index contributed by atoms with van der Waals surface area (Å²) in [6.45, 7) is 2.60. The lowest BCUT2D eigenvalue weighted by Crippen LogP contribution is -2.30. The Bertz CT molecular complexity index is 904. The van der Waals surface area contributed by atoms with Crippen LogP contribution in [0.4, 0.5) is 0 Å². The van der Waals surface area contributed by atoms with Gasteiger partial charge in [-0.25, -0.2) is 0 Å². The summed E-state index contributed by atoms with van der Waals surface area (Å²) in [6, 6.07) is 15.5. The van der Waals surface area contributed by atoms with Crippen molar-refractivity contribution in [1.29, 1.82) is 0 Å². The van der Waals surface area contributed by atoms with E-state index in [0.29, 0.717) is 17.9 Å². The van der Waals surface area contributed by atoms with E-state index in [4.69, 9.17) is 4.74 Å². The Hall–Kier alpha value is -3.08. The zero-order chi connectivity index (χ0) is 20.8. The van der Waals surface area contributed by atoms with E-state index in [1.54, 1.807) is 36.3 Å². The second-order valence-electron chi connectivity index (χ2n) is 7.20. The molecule has 5 nitrogen and oxygen atoms in total. The first kappa shape index (κ1) is 20.6. The lowest BCUT2D eigenvalue weighted by atomic mass is 9.95. The van der Waals surface area contributed by atoms with Gasteiger partial charge in [0.05, 0.1) is 18.7 Å². The molecule has 0 aliphatic carbocycles. The van der Waals surface area contributed by atoms with Crippen LogP contribution in [0.3, 0.4) is 0 Å². The molecule has 1 unspecified atom stereocenters. The largest absolute Gasteiger partial charge is 0.507 e. The van der Waals surface area contributed by atoms with Crippen molar-refractivity contribution in [2.75, 3.05) is 13.7 Å². The number of methoxy groups -OCH3 is 1. The van der Waals surface area contributed by atoms with Crippen LogP contribution in [0.15, 0.2) is 60.2 Å². The van der Waals surface area contributed by atoms with Gasteiger partial charge in [0.1, 0.15) is 11.5 Å². The molecule has 1 amide bonds. The van der Waals surface area contributed by atoms with E-state index in [2.05, 4.69) is 6.92 Å². The van der Waals surface area contributed by atoms with Gasteiger partial charge in [-0.15, -0.1) is 0 Å². The van der Waals surface area contributed by atoms with Crippen molar-refractivity contribution in [1.82, 2.24) is 4.90 Å². The molecule has 1 aliphatic rings. The molecule has 1 aliphatic heterocycles. The standard InChI is InChI=1S/C24H27NO4/c1-3-4-5-9-15-25-21(18-13-10-14-19(16-18)29-2)20(23(27)24(25)28)22(26)17-11-7-6-8-12-17/h6-8,10-14,16,21,26H,3-5,9,15H2,1-2H3. The van der Waals surface area contributed by atoms with E-state index < -0.39 is 17.7 Å². The molecule has 152 valence electrons. The van der Waals surface area contributed by atoms with E-state index in [0.717, 1.165) is 31.2 Å². The minimum absolute atomic E-state index is 0.130. The fraction of sp³-hybridized carbons (Fsp3) is 0.333. The van der Waals surface area contributed by atoms with Crippen LogP contribution in [0.1, 0.15) is 49.8 Å². The second-order valence-corrected chi connectivity index (χ2v) is 7.20. The average molecular weight is 393 g/mol. The molecule has 1 N–H and O–H groups in total. The summed E-state index contributed by atoms with van der Waals surface area (Å²) in [5.74, 6) is -0.715. The monoisotopic (exact) mass is 393 g/mol. The molecule has 0 aromatic heterocycles. The number of amides is 1. The number of ketones is 1. The number of aliphatic hydroxyl groups excluding tert-OH is 1. The van der Waals surface area contributed by atoms with Crippen molar-refractivity contribution in [3.05, 3.63) is 71.3 Å². The third kappa shape index (κ3) is 4.34. The fourth-order valence-corrected chi connectivity index (χ4v) is 3.73. The number of rotatable bonds is 8. The maximum Gasteiger partial charge on any atom is 0.295 e. The van der Waals surface area contributed by atoms with Crippen molar-refractivity contribution < 1.29 is 19.4 Å². The summed E-state index contributed by atoms with van der Waals surface area (Å²) in [5.41, 5.74) is 1.39. The summed E-state index contributed by atoms with van der Waals surface area (Å²) in [7, 11) is 1.57. The molecule has 2 aromatic carbocycles. The Balaban J connectivity index is 2.07. The van der Waals surface area contributed by atoms with E-state index in [9.17, 15) is 14.7 Å². The second kappa shape index (κ2) is 9.41. The number of benzene rings is 2. The van der Waals surface area contributed by atoms with Gasteiger partial charge in [-0.2, -0.15) is 0 Å². The van der Waals surface area contributed by atoms with Crippen molar-refractivity contribution in [3.8, 4) is 5.75 Å². The quantitative estimate of drug-likeness (QED) is 0.306. The molecule has 5 heteroatoms. The first-order chi connectivity index (χ1) is 14.1. The Labute approximate surface area is 171 Å². The lowest BCUT2D eigenvalue weighted by molar-refractivity contribution is -0.139. The number of aliphatic hydroxyl groups is 1. The van der Waals surface area contributed by atoms with Crippen molar-refractivity contribution in [2.24, 2.45) is 0 Å². The molecule has 1 atom stereocenters. The predicted octanol–water partition coefficient (Wildman–Crippen LogP) is 4.70. The van der Waals surface area contributed by atoms with Crippen LogP contribution >= 0.6 is 0 Å². The lowest BCUT2D eigenvalue weighted by Gasteiger charge is -2.25. The summed E-state index contributed by atoms with van der Waals surface area (Å²) >= 11 is 0. The Morgan fingerprint density at radius 2 is 1.79 bits per heavy atom. The van der Waals surface area contributed by atoms with Gasteiger partial charge in [0.25, 0.3) is 11.7 Å². The molecule has 1 fully saturated rings. The Morgan fingerprint density at radius 1 is 1.03 bits per heavy atom. The topological polar surface area (TPSA) is 66.8 Å². The SMILES string of the molecule is CCCCCCN1C(=O)C(=O)C(=C(O)c2ccccc2)C1c1cccc(OC)c1. The maximum absolute atomic E-state index is 12.9. The normalized spacial score (nSPS) is 18.3. The van der Waals surface area contributed by atoms with Gasteiger partial charge >= 0.3 is 0 Å². The van der Waals surface area contributed by atoms with E-state index >= 15 is 0 Å². The minimum atomic E-state index is -0.644. The summed E-state index contributed by atoms with van der Waals surface area (Å²) < 4.78 is 5.33. The highest BCUT2D eigenvalue weighted by Crippen LogP contribution is 2.40. The van der Waals surface area contributed by atoms with E-state index in [1.165, 1.54) is 0 Å². The van der Waals surface area contributed by atoms with Gasteiger partial charge in [-0.3, -0.25) is 9.59 Å². The van der Waals surface area contributed by atoms with Gasteiger partial charge in [0.2, 0.25) is 0 Å². The number of Topliss-reactive ketones (excluding diaryl/α,β-unsaturated/α-hetero) is 1. The molecular weight excluding hydrogens is 366 g/mol. The van der Waals surface area contributed by atoms with Crippen LogP contribution in [0.5, 0.6) is 5.75 Å². The predicted molar refractivity (Wildman–Crippen MR) is 113 cm³/mol. The third-order valence-electron chi connectivity index (χ3n) is 5.25. The van der Waals surface area contributed by atoms with Gasteiger partial charge in [-0.1, -0.05) is 68.7 Å².